The standard InChI is InChI=1S/C23H27N5O3/c29-22(11-16-1-2-16)27-10-8-21(15-27)31-20-5-3-18(4-6-20)26-23(30)17-13-28(14-17)19-7-9-24-25-12-19/h3-7,9,12,16-17,21H,1-2,8,10-11,13-15H2,(H,26,30)/t21-/m1/s1. The second kappa shape index (κ2) is 8.53. The van der Waals surface area contributed by atoms with Crippen LogP contribution in [0.1, 0.15) is 25.7 Å². The van der Waals surface area contributed by atoms with Crippen LogP contribution in [0.4, 0.5) is 11.4 Å². The third-order valence-corrected chi connectivity index (χ3v) is 6.27. The highest BCUT2D eigenvalue weighted by Gasteiger charge is 2.33. The first-order chi connectivity index (χ1) is 15.1. The molecule has 0 spiro atoms. The number of carbonyl (C=O) groups excluding carboxylic acids is 2. The zero-order chi connectivity index (χ0) is 21.2. The quantitative estimate of drug-likeness (QED) is 0.738. The molecule has 5 rings (SSSR count). The molecule has 3 aliphatic rings. The molecule has 1 aromatic heterocycles. The van der Waals surface area contributed by atoms with Crippen molar-refractivity contribution in [1.82, 2.24) is 15.1 Å². The van der Waals surface area contributed by atoms with E-state index in [9.17, 15) is 9.59 Å². The van der Waals surface area contributed by atoms with Crippen LogP contribution in [0.5, 0.6) is 5.75 Å². The Morgan fingerprint density at radius 2 is 1.84 bits per heavy atom. The molecule has 0 bridgehead atoms. The Bertz CT molecular complexity index is 926. The van der Waals surface area contributed by atoms with Crippen molar-refractivity contribution in [2.24, 2.45) is 11.8 Å². The van der Waals surface area contributed by atoms with E-state index in [0.717, 1.165) is 30.1 Å². The van der Waals surface area contributed by atoms with Crippen molar-refractivity contribution in [2.75, 3.05) is 36.4 Å². The molecule has 2 aromatic rings. The second-order valence-corrected chi connectivity index (χ2v) is 8.73. The van der Waals surface area contributed by atoms with E-state index in [1.54, 1.807) is 12.4 Å². The van der Waals surface area contributed by atoms with Gasteiger partial charge in [0, 0.05) is 38.2 Å². The Kier molecular flexibility index (Phi) is 5.44. The van der Waals surface area contributed by atoms with Gasteiger partial charge in [-0.3, -0.25) is 9.59 Å². The van der Waals surface area contributed by atoms with Crippen molar-refractivity contribution in [3.63, 3.8) is 0 Å². The van der Waals surface area contributed by atoms with Crippen molar-refractivity contribution in [3.05, 3.63) is 42.7 Å². The van der Waals surface area contributed by atoms with Crippen molar-refractivity contribution in [2.45, 2.75) is 31.8 Å². The molecular weight excluding hydrogens is 394 g/mol. The smallest absolute Gasteiger partial charge is 0.231 e. The number of amides is 2. The fourth-order valence-corrected chi connectivity index (χ4v) is 4.13. The van der Waals surface area contributed by atoms with E-state index < -0.39 is 0 Å². The van der Waals surface area contributed by atoms with Crippen LogP contribution in [-0.2, 0) is 9.59 Å². The zero-order valence-electron chi connectivity index (χ0n) is 17.4. The lowest BCUT2D eigenvalue weighted by atomic mass is 9.98. The van der Waals surface area contributed by atoms with Crippen molar-refractivity contribution < 1.29 is 14.3 Å². The summed E-state index contributed by atoms with van der Waals surface area (Å²) in [4.78, 5) is 28.8. The first-order valence-corrected chi connectivity index (χ1v) is 11.0. The predicted molar refractivity (Wildman–Crippen MR) is 116 cm³/mol. The van der Waals surface area contributed by atoms with Gasteiger partial charge in [0.05, 0.1) is 30.5 Å². The maximum absolute atomic E-state index is 12.5. The van der Waals surface area contributed by atoms with Crippen LogP contribution in [0.2, 0.25) is 0 Å². The molecule has 8 nitrogen and oxygen atoms in total. The third-order valence-electron chi connectivity index (χ3n) is 6.27. The lowest BCUT2D eigenvalue weighted by molar-refractivity contribution is -0.130. The van der Waals surface area contributed by atoms with Gasteiger partial charge in [-0.1, -0.05) is 0 Å². The molecule has 2 saturated heterocycles. The molecule has 1 aliphatic carbocycles. The summed E-state index contributed by atoms with van der Waals surface area (Å²) in [5.74, 6) is 1.63. The topological polar surface area (TPSA) is 87.7 Å². The molecule has 3 heterocycles. The van der Waals surface area contributed by atoms with E-state index in [2.05, 4.69) is 20.4 Å². The van der Waals surface area contributed by atoms with Gasteiger partial charge in [-0.2, -0.15) is 10.2 Å². The van der Waals surface area contributed by atoms with Crippen LogP contribution in [0.25, 0.3) is 0 Å². The number of hydrogen-bond acceptors (Lipinski definition) is 6. The number of carbonyl (C=O) groups is 2. The number of nitrogens with one attached hydrogen (secondary N) is 1. The molecule has 3 fully saturated rings. The number of likely N-dealkylation sites (tertiary alicyclic amines) is 1. The van der Waals surface area contributed by atoms with Crippen molar-refractivity contribution >= 4 is 23.2 Å². The second-order valence-electron chi connectivity index (χ2n) is 8.73. The van der Waals surface area contributed by atoms with Gasteiger partial charge in [-0.25, -0.2) is 0 Å². The van der Waals surface area contributed by atoms with Gasteiger partial charge >= 0.3 is 0 Å². The lowest BCUT2D eigenvalue weighted by Crippen LogP contribution is -2.52. The van der Waals surface area contributed by atoms with Gasteiger partial charge in [0.2, 0.25) is 11.8 Å². The SMILES string of the molecule is O=C(Nc1ccc(O[C@@H]2CCN(C(=O)CC3CC3)C2)cc1)C1CN(c2ccnnc2)C1. The molecule has 1 atom stereocenters. The molecule has 1 aromatic carbocycles. The Morgan fingerprint density at radius 1 is 1.03 bits per heavy atom. The van der Waals surface area contributed by atoms with Gasteiger partial charge in [-0.05, 0) is 49.1 Å². The van der Waals surface area contributed by atoms with E-state index in [4.69, 9.17) is 4.74 Å². The maximum Gasteiger partial charge on any atom is 0.231 e. The molecule has 2 amide bonds. The number of aromatic nitrogens is 2. The summed E-state index contributed by atoms with van der Waals surface area (Å²) in [6.07, 6.45) is 7.35. The van der Waals surface area contributed by atoms with E-state index in [1.165, 1.54) is 12.8 Å². The van der Waals surface area contributed by atoms with Gasteiger partial charge in [0.25, 0.3) is 0 Å². The number of nitrogens with zero attached hydrogens (tertiary/aromatic N) is 4. The number of rotatable bonds is 7. The minimum absolute atomic E-state index is 0.0209. The van der Waals surface area contributed by atoms with Crippen LogP contribution in [0, 0.1) is 11.8 Å². The van der Waals surface area contributed by atoms with Crippen LogP contribution >= 0.6 is 0 Å². The fourth-order valence-electron chi connectivity index (χ4n) is 4.13. The number of benzene rings is 1. The molecule has 1 saturated carbocycles. The first kappa shape index (κ1) is 19.8. The van der Waals surface area contributed by atoms with E-state index >= 15 is 0 Å². The molecule has 1 N–H and O–H groups in total. The lowest BCUT2D eigenvalue weighted by Gasteiger charge is -2.39. The minimum atomic E-state index is -0.0401. The third kappa shape index (κ3) is 4.78. The van der Waals surface area contributed by atoms with Crippen molar-refractivity contribution in [3.8, 4) is 5.75 Å². The van der Waals surface area contributed by atoms with Gasteiger partial charge in [-0.15, -0.1) is 0 Å². The minimum Gasteiger partial charge on any atom is -0.489 e. The van der Waals surface area contributed by atoms with E-state index in [-0.39, 0.29) is 23.8 Å². The predicted octanol–water partition coefficient (Wildman–Crippen LogP) is 2.33. The maximum atomic E-state index is 12.5. The van der Waals surface area contributed by atoms with Crippen LogP contribution in [0.15, 0.2) is 42.7 Å². The molecular formula is C23H27N5O3. The summed E-state index contributed by atoms with van der Waals surface area (Å²) in [5, 5.41) is 10.6. The summed E-state index contributed by atoms with van der Waals surface area (Å²) >= 11 is 0. The van der Waals surface area contributed by atoms with Crippen LogP contribution in [-0.4, -0.2) is 59.2 Å². The fraction of sp³-hybridized carbons (Fsp3) is 0.478. The van der Waals surface area contributed by atoms with Gasteiger partial charge in [0.15, 0.2) is 0 Å². The average molecular weight is 422 g/mol. The van der Waals surface area contributed by atoms with Crippen LogP contribution < -0.4 is 15.0 Å². The molecule has 2 aliphatic heterocycles. The highest BCUT2D eigenvalue weighted by Crippen LogP contribution is 2.33. The Labute approximate surface area is 181 Å². The molecule has 0 radical (unpaired) electrons. The van der Waals surface area contributed by atoms with E-state index in [1.807, 2.05) is 35.2 Å². The molecule has 31 heavy (non-hydrogen) atoms. The summed E-state index contributed by atoms with van der Waals surface area (Å²) in [7, 11) is 0. The molecule has 8 heteroatoms. The molecule has 162 valence electrons. The highest BCUT2D eigenvalue weighted by atomic mass is 16.5. The normalized spacial score (nSPS) is 21.0. The Balaban J connectivity index is 1.07. The van der Waals surface area contributed by atoms with E-state index in [0.29, 0.717) is 32.0 Å². The number of ether oxygens (including phenoxy) is 1. The van der Waals surface area contributed by atoms with Gasteiger partial charge in [0.1, 0.15) is 11.9 Å². The summed E-state index contributed by atoms with van der Waals surface area (Å²) in [5.41, 5.74) is 1.74. The molecule has 0 unspecified atom stereocenters. The van der Waals surface area contributed by atoms with Crippen LogP contribution in [0.3, 0.4) is 0 Å². The Morgan fingerprint density at radius 3 is 2.55 bits per heavy atom. The van der Waals surface area contributed by atoms with Crippen molar-refractivity contribution in [1.29, 1.82) is 0 Å². The number of anilines is 2. The van der Waals surface area contributed by atoms with Gasteiger partial charge < -0.3 is 19.9 Å². The zero-order valence-corrected chi connectivity index (χ0v) is 17.4. The summed E-state index contributed by atoms with van der Waals surface area (Å²) < 4.78 is 6.05. The summed E-state index contributed by atoms with van der Waals surface area (Å²) in [6.45, 7) is 2.79. The highest BCUT2D eigenvalue weighted by molar-refractivity contribution is 5.94. The number of hydrogen-bond donors (Lipinski definition) is 1. The first-order valence-electron chi connectivity index (χ1n) is 11.0. The Hall–Kier alpha value is -3.16. The largest absolute Gasteiger partial charge is 0.489 e. The average Bonchev–Trinajstić information content (AvgIpc) is 3.43. The monoisotopic (exact) mass is 421 g/mol. The summed E-state index contributed by atoms with van der Waals surface area (Å²) in [6, 6.07) is 9.37.